The molecule has 2 aromatic heterocycles. The van der Waals surface area contributed by atoms with Crippen molar-refractivity contribution < 1.29 is 4.79 Å². The second-order valence-electron chi connectivity index (χ2n) is 4.01. The highest BCUT2D eigenvalue weighted by atomic mass is 16.1. The van der Waals surface area contributed by atoms with E-state index in [1.54, 1.807) is 30.7 Å². The Morgan fingerprint density at radius 2 is 2.16 bits per heavy atom. The van der Waals surface area contributed by atoms with Crippen molar-refractivity contribution in [3.05, 3.63) is 48.6 Å². The fraction of sp³-hybridized carbons (Fsp3) is 0.0714. The van der Waals surface area contributed by atoms with Crippen molar-refractivity contribution in [2.75, 3.05) is 5.73 Å². The number of hydrogen-bond donors (Lipinski definition) is 2. The smallest absolute Gasteiger partial charge is 0.221 e. The molecule has 2 aromatic rings. The highest BCUT2D eigenvalue weighted by molar-refractivity contribution is 5.78. The Balaban J connectivity index is 2.27. The molecule has 0 aliphatic carbocycles. The van der Waals surface area contributed by atoms with Crippen molar-refractivity contribution in [2.24, 2.45) is 5.73 Å². The number of nitrogens with zero attached hydrogens (tertiary/aromatic N) is 2. The van der Waals surface area contributed by atoms with Crippen molar-refractivity contribution >= 4 is 17.7 Å². The first kappa shape index (κ1) is 12.8. The molecular formula is C14H14N4O. The Morgan fingerprint density at radius 1 is 1.32 bits per heavy atom. The molecule has 0 atom stereocenters. The molecule has 19 heavy (non-hydrogen) atoms. The van der Waals surface area contributed by atoms with Crippen molar-refractivity contribution in [1.29, 1.82) is 0 Å². The number of nitrogen functional groups attached to an aromatic ring is 1. The van der Waals surface area contributed by atoms with Crippen LogP contribution in [0.3, 0.4) is 0 Å². The summed E-state index contributed by atoms with van der Waals surface area (Å²) in [6, 6.07) is 5.61. The summed E-state index contributed by atoms with van der Waals surface area (Å²) in [5.41, 5.74) is 14.2. The van der Waals surface area contributed by atoms with Crippen LogP contribution in [-0.2, 0) is 4.79 Å². The van der Waals surface area contributed by atoms with Gasteiger partial charge in [0.25, 0.3) is 0 Å². The van der Waals surface area contributed by atoms with Crippen LogP contribution in [0.1, 0.15) is 12.1 Å². The average Bonchev–Trinajstić information content (AvgIpc) is 2.39. The summed E-state index contributed by atoms with van der Waals surface area (Å²) < 4.78 is 0. The predicted octanol–water partition coefficient (Wildman–Crippen LogP) is 1.61. The van der Waals surface area contributed by atoms with E-state index in [0.717, 1.165) is 16.8 Å². The van der Waals surface area contributed by atoms with Crippen LogP contribution >= 0.6 is 0 Å². The van der Waals surface area contributed by atoms with Crippen molar-refractivity contribution in [1.82, 2.24) is 9.97 Å². The molecule has 0 aromatic carbocycles. The van der Waals surface area contributed by atoms with E-state index >= 15 is 0 Å². The Morgan fingerprint density at radius 3 is 2.89 bits per heavy atom. The molecule has 0 saturated carbocycles. The molecule has 5 nitrogen and oxygen atoms in total. The maximum absolute atomic E-state index is 10.6. The van der Waals surface area contributed by atoms with E-state index in [4.69, 9.17) is 11.5 Å². The van der Waals surface area contributed by atoms with Crippen molar-refractivity contribution in [3.8, 4) is 11.1 Å². The third kappa shape index (κ3) is 3.38. The SMILES string of the molecule is NC(=O)CC=Cc1cc(-c2ccncc2N)ccn1. The number of anilines is 1. The Kier molecular flexibility index (Phi) is 3.87. The summed E-state index contributed by atoms with van der Waals surface area (Å²) in [5, 5.41) is 0. The first-order valence-corrected chi connectivity index (χ1v) is 5.77. The van der Waals surface area contributed by atoms with Crippen LogP contribution in [0.2, 0.25) is 0 Å². The zero-order valence-electron chi connectivity index (χ0n) is 10.3. The minimum atomic E-state index is -0.370. The van der Waals surface area contributed by atoms with Crippen LogP contribution < -0.4 is 11.5 Å². The highest BCUT2D eigenvalue weighted by Crippen LogP contribution is 2.24. The number of carbonyl (C=O) groups excluding carboxylic acids is 1. The van der Waals surface area contributed by atoms with Crippen LogP contribution in [0, 0.1) is 0 Å². The molecule has 0 radical (unpaired) electrons. The molecule has 2 rings (SSSR count). The van der Waals surface area contributed by atoms with Gasteiger partial charge in [0, 0.05) is 24.4 Å². The summed E-state index contributed by atoms with van der Waals surface area (Å²) in [4.78, 5) is 18.8. The Labute approximate surface area is 111 Å². The number of amides is 1. The highest BCUT2D eigenvalue weighted by Gasteiger charge is 2.02. The first-order valence-electron chi connectivity index (χ1n) is 5.77. The summed E-state index contributed by atoms with van der Waals surface area (Å²) in [6.07, 6.45) is 8.63. The van der Waals surface area contributed by atoms with Gasteiger partial charge in [-0.25, -0.2) is 0 Å². The van der Waals surface area contributed by atoms with E-state index in [9.17, 15) is 4.79 Å². The lowest BCUT2D eigenvalue weighted by Gasteiger charge is -2.05. The normalized spacial score (nSPS) is 10.7. The molecule has 5 heteroatoms. The van der Waals surface area contributed by atoms with Gasteiger partial charge in [-0.15, -0.1) is 0 Å². The number of primary amides is 1. The fourth-order valence-electron chi connectivity index (χ4n) is 1.67. The number of aromatic nitrogens is 2. The summed E-state index contributed by atoms with van der Waals surface area (Å²) in [7, 11) is 0. The lowest BCUT2D eigenvalue weighted by atomic mass is 10.1. The molecule has 0 aliphatic heterocycles. The van der Waals surface area contributed by atoms with Crippen LogP contribution in [-0.4, -0.2) is 15.9 Å². The van der Waals surface area contributed by atoms with E-state index in [0.29, 0.717) is 5.69 Å². The molecule has 0 bridgehead atoms. The number of nitrogens with two attached hydrogens (primary N) is 2. The van der Waals surface area contributed by atoms with Crippen LogP contribution in [0.25, 0.3) is 17.2 Å². The molecule has 0 spiro atoms. The maximum Gasteiger partial charge on any atom is 0.221 e. The van der Waals surface area contributed by atoms with E-state index in [1.807, 2.05) is 18.2 Å². The molecule has 0 saturated heterocycles. The standard InChI is InChI=1S/C14H14N4O/c15-13-9-17-6-5-12(13)10-4-7-18-11(8-10)2-1-3-14(16)19/h1-2,4-9H,3,15H2,(H2,16,19). The molecule has 96 valence electrons. The molecular weight excluding hydrogens is 240 g/mol. The summed E-state index contributed by atoms with van der Waals surface area (Å²) >= 11 is 0. The van der Waals surface area contributed by atoms with Gasteiger partial charge in [-0.1, -0.05) is 6.08 Å². The minimum absolute atomic E-state index is 0.198. The molecule has 0 fully saturated rings. The van der Waals surface area contributed by atoms with Crippen molar-refractivity contribution in [2.45, 2.75) is 6.42 Å². The fourth-order valence-corrected chi connectivity index (χ4v) is 1.67. The predicted molar refractivity (Wildman–Crippen MR) is 74.7 cm³/mol. The molecule has 4 N–H and O–H groups in total. The van der Waals surface area contributed by atoms with Crippen molar-refractivity contribution in [3.63, 3.8) is 0 Å². The largest absolute Gasteiger partial charge is 0.397 e. The summed E-state index contributed by atoms with van der Waals surface area (Å²) in [6.45, 7) is 0. The molecule has 0 aliphatic rings. The van der Waals surface area contributed by atoms with E-state index in [2.05, 4.69) is 9.97 Å². The Hall–Kier alpha value is -2.69. The number of carbonyl (C=O) groups is 1. The lowest BCUT2D eigenvalue weighted by Crippen LogP contribution is -2.07. The van der Waals surface area contributed by atoms with Crippen LogP contribution in [0.5, 0.6) is 0 Å². The van der Waals surface area contributed by atoms with Gasteiger partial charge in [0.1, 0.15) is 0 Å². The zero-order valence-corrected chi connectivity index (χ0v) is 10.3. The summed E-state index contributed by atoms with van der Waals surface area (Å²) in [5.74, 6) is -0.370. The third-order valence-corrected chi connectivity index (χ3v) is 2.55. The van der Waals surface area contributed by atoms with Gasteiger partial charge in [-0.05, 0) is 29.8 Å². The molecule has 2 heterocycles. The average molecular weight is 254 g/mol. The first-order chi connectivity index (χ1) is 9.16. The van der Waals surface area contributed by atoms with Gasteiger partial charge in [-0.3, -0.25) is 14.8 Å². The molecule has 1 amide bonds. The number of rotatable bonds is 4. The monoisotopic (exact) mass is 254 g/mol. The van der Waals surface area contributed by atoms with Crippen LogP contribution in [0.4, 0.5) is 5.69 Å². The van der Waals surface area contributed by atoms with E-state index < -0.39 is 0 Å². The van der Waals surface area contributed by atoms with Gasteiger partial charge >= 0.3 is 0 Å². The third-order valence-electron chi connectivity index (χ3n) is 2.55. The second-order valence-corrected chi connectivity index (χ2v) is 4.01. The lowest BCUT2D eigenvalue weighted by molar-refractivity contribution is -0.117. The quantitative estimate of drug-likeness (QED) is 0.866. The van der Waals surface area contributed by atoms with Crippen LogP contribution in [0.15, 0.2) is 42.9 Å². The molecule has 0 unspecified atom stereocenters. The topological polar surface area (TPSA) is 94.9 Å². The number of pyridine rings is 2. The number of hydrogen-bond acceptors (Lipinski definition) is 4. The van der Waals surface area contributed by atoms with Gasteiger partial charge in [0.2, 0.25) is 5.91 Å². The zero-order chi connectivity index (χ0) is 13.7. The van der Waals surface area contributed by atoms with Gasteiger partial charge < -0.3 is 11.5 Å². The Bertz CT molecular complexity index is 622. The van der Waals surface area contributed by atoms with E-state index in [-0.39, 0.29) is 12.3 Å². The van der Waals surface area contributed by atoms with Gasteiger partial charge in [0.05, 0.1) is 17.6 Å². The second kappa shape index (κ2) is 5.77. The van der Waals surface area contributed by atoms with E-state index in [1.165, 1.54) is 0 Å². The van der Waals surface area contributed by atoms with Gasteiger partial charge in [-0.2, -0.15) is 0 Å². The maximum atomic E-state index is 10.6. The minimum Gasteiger partial charge on any atom is -0.397 e. The van der Waals surface area contributed by atoms with Gasteiger partial charge in [0.15, 0.2) is 0 Å².